The maximum absolute atomic E-state index is 10.5. The zero-order valence-electron chi connectivity index (χ0n) is 14.2. The fourth-order valence-corrected chi connectivity index (χ4v) is 4.88. The second kappa shape index (κ2) is 9.64. The lowest BCUT2D eigenvalue weighted by Gasteiger charge is -2.38. The SMILES string of the molecule is CCCCCC1CCC(C2CCC(CCC=O)CC2)CC1. The molecule has 2 aliphatic rings. The Morgan fingerprint density at radius 1 is 0.762 bits per heavy atom. The molecule has 0 aromatic carbocycles. The first kappa shape index (κ1) is 17.0. The van der Waals surface area contributed by atoms with Crippen LogP contribution < -0.4 is 0 Å². The molecule has 0 unspecified atom stereocenters. The van der Waals surface area contributed by atoms with Crippen molar-refractivity contribution in [1.82, 2.24) is 0 Å². The standard InChI is InChI=1S/C20H36O/c1-2-3-4-6-17-8-12-19(13-9-17)20-14-10-18(11-15-20)7-5-16-21/h16-20H,2-15H2,1H3. The number of hydrogen-bond donors (Lipinski definition) is 0. The Morgan fingerprint density at radius 2 is 1.29 bits per heavy atom. The van der Waals surface area contributed by atoms with Gasteiger partial charge in [-0.05, 0) is 55.8 Å². The van der Waals surface area contributed by atoms with Crippen LogP contribution in [0.3, 0.4) is 0 Å². The summed E-state index contributed by atoms with van der Waals surface area (Å²) in [6.45, 7) is 2.31. The lowest BCUT2D eigenvalue weighted by atomic mass is 9.68. The molecule has 1 nitrogen and oxygen atoms in total. The Bertz CT molecular complexity index is 270. The molecule has 0 atom stereocenters. The maximum Gasteiger partial charge on any atom is 0.120 e. The van der Waals surface area contributed by atoms with Gasteiger partial charge in [-0.25, -0.2) is 0 Å². The summed E-state index contributed by atoms with van der Waals surface area (Å²) in [5.74, 6) is 3.97. The van der Waals surface area contributed by atoms with Gasteiger partial charge in [-0.15, -0.1) is 0 Å². The van der Waals surface area contributed by atoms with Crippen molar-refractivity contribution in [2.75, 3.05) is 0 Å². The average molecular weight is 293 g/mol. The predicted octanol–water partition coefficient (Wildman–Crippen LogP) is 6.16. The van der Waals surface area contributed by atoms with Crippen molar-refractivity contribution in [2.24, 2.45) is 23.7 Å². The van der Waals surface area contributed by atoms with Gasteiger partial charge >= 0.3 is 0 Å². The van der Waals surface area contributed by atoms with Crippen molar-refractivity contribution in [2.45, 2.75) is 96.8 Å². The second-order valence-electron chi connectivity index (χ2n) is 7.80. The van der Waals surface area contributed by atoms with Crippen molar-refractivity contribution in [1.29, 1.82) is 0 Å². The third-order valence-electron chi connectivity index (χ3n) is 6.36. The Labute approximate surface area is 132 Å². The lowest BCUT2D eigenvalue weighted by Crippen LogP contribution is -2.26. The molecule has 21 heavy (non-hydrogen) atoms. The van der Waals surface area contributed by atoms with Gasteiger partial charge in [0, 0.05) is 6.42 Å². The molecule has 0 amide bonds. The normalized spacial score (nSPS) is 33.8. The van der Waals surface area contributed by atoms with Crippen molar-refractivity contribution < 1.29 is 4.79 Å². The van der Waals surface area contributed by atoms with E-state index in [1.807, 2.05) is 0 Å². The number of aldehydes is 1. The number of carbonyl (C=O) groups excluding carboxylic acids is 1. The smallest absolute Gasteiger partial charge is 0.120 e. The molecular formula is C20H36O. The maximum atomic E-state index is 10.5. The van der Waals surface area contributed by atoms with E-state index in [0.29, 0.717) is 0 Å². The van der Waals surface area contributed by atoms with Crippen LogP contribution in [0.15, 0.2) is 0 Å². The first-order valence-corrected chi connectivity index (χ1v) is 9.77. The van der Waals surface area contributed by atoms with Crippen LogP contribution in [0.1, 0.15) is 96.8 Å². The third kappa shape index (κ3) is 5.75. The van der Waals surface area contributed by atoms with E-state index in [0.717, 1.165) is 42.8 Å². The Kier molecular flexibility index (Phi) is 7.82. The molecule has 1 heteroatoms. The van der Waals surface area contributed by atoms with Crippen LogP contribution >= 0.6 is 0 Å². The fourth-order valence-electron chi connectivity index (χ4n) is 4.88. The topological polar surface area (TPSA) is 17.1 Å². The Morgan fingerprint density at radius 3 is 1.76 bits per heavy atom. The van der Waals surface area contributed by atoms with Crippen LogP contribution in [0, 0.1) is 23.7 Å². The predicted molar refractivity (Wildman–Crippen MR) is 90.3 cm³/mol. The molecule has 0 aliphatic heterocycles. The summed E-state index contributed by atoms with van der Waals surface area (Å²) in [4.78, 5) is 10.5. The minimum Gasteiger partial charge on any atom is -0.303 e. The lowest BCUT2D eigenvalue weighted by molar-refractivity contribution is -0.108. The van der Waals surface area contributed by atoms with E-state index < -0.39 is 0 Å². The zero-order valence-corrected chi connectivity index (χ0v) is 14.2. The highest BCUT2D eigenvalue weighted by atomic mass is 16.1. The summed E-state index contributed by atoms with van der Waals surface area (Å²) in [6, 6.07) is 0. The van der Waals surface area contributed by atoms with Gasteiger partial charge in [0.05, 0.1) is 0 Å². The molecule has 0 N–H and O–H groups in total. The van der Waals surface area contributed by atoms with Crippen molar-refractivity contribution >= 4 is 6.29 Å². The molecule has 0 radical (unpaired) electrons. The van der Waals surface area contributed by atoms with Crippen LogP contribution in [0.25, 0.3) is 0 Å². The molecule has 2 fully saturated rings. The van der Waals surface area contributed by atoms with Gasteiger partial charge in [0.15, 0.2) is 0 Å². The molecule has 0 aromatic rings. The molecule has 0 aromatic heterocycles. The van der Waals surface area contributed by atoms with E-state index in [1.165, 1.54) is 77.0 Å². The first-order chi connectivity index (χ1) is 10.3. The van der Waals surface area contributed by atoms with Crippen LogP contribution in [-0.2, 0) is 4.79 Å². The van der Waals surface area contributed by atoms with Gasteiger partial charge in [0.25, 0.3) is 0 Å². The number of carbonyl (C=O) groups is 1. The van der Waals surface area contributed by atoms with Gasteiger partial charge in [-0.2, -0.15) is 0 Å². The van der Waals surface area contributed by atoms with E-state index in [1.54, 1.807) is 0 Å². The van der Waals surface area contributed by atoms with Gasteiger partial charge in [0.2, 0.25) is 0 Å². The molecule has 2 aliphatic carbocycles. The summed E-state index contributed by atoms with van der Waals surface area (Å²) < 4.78 is 0. The number of unbranched alkanes of at least 4 members (excludes halogenated alkanes) is 2. The number of rotatable bonds is 8. The van der Waals surface area contributed by atoms with Gasteiger partial charge in [0.1, 0.15) is 6.29 Å². The molecule has 0 saturated heterocycles. The van der Waals surface area contributed by atoms with Gasteiger partial charge in [-0.3, -0.25) is 0 Å². The monoisotopic (exact) mass is 292 g/mol. The largest absolute Gasteiger partial charge is 0.303 e. The van der Waals surface area contributed by atoms with E-state index >= 15 is 0 Å². The van der Waals surface area contributed by atoms with Crippen molar-refractivity contribution in [3.8, 4) is 0 Å². The third-order valence-corrected chi connectivity index (χ3v) is 6.36. The van der Waals surface area contributed by atoms with E-state index in [4.69, 9.17) is 0 Å². The number of hydrogen-bond acceptors (Lipinski definition) is 1. The quantitative estimate of drug-likeness (QED) is 0.387. The highest BCUT2D eigenvalue weighted by molar-refractivity contribution is 5.49. The average Bonchev–Trinajstić information content (AvgIpc) is 2.54. The van der Waals surface area contributed by atoms with E-state index in [2.05, 4.69) is 6.92 Å². The minimum absolute atomic E-state index is 0.790. The highest BCUT2D eigenvalue weighted by Gasteiger charge is 2.30. The van der Waals surface area contributed by atoms with Gasteiger partial charge < -0.3 is 4.79 Å². The van der Waals surface area contributed by atoms with Crippen LogP contribution in [-0.4, -0.2) is 6.29 Å². The summed E-state index contributed by atoms with van der Waals surface area (Å²) in [5, 5.41) is 0. The molecule has 0 heterocycles. The second-order valence-corrected chi connectivity index (χ2v) is 7.80. The molecule has 122 valence electrons. The minimum atomic E-state index is 0.790. The van der Waals surface area contributed by atoms with Crippen LogP contribution in [0.4, 0.5) is 0 Å². The van der Waals surface area contributed by atoms with E-state index in [-0.39, 0.29) is 0 Å². The van der Waals surface area contributed by atoms with Crippen molar-refractivity contribution in [3.05, 3.63) is 0 Å². The zero-order chi connectivity index (χ0) is 14.9. The first-order valence-electron chi connectivity index (χ1n) is 9.77. The summed E-state index contributed by atoms with van der Waals surface area (Å²) in [5.41, 5.74) is 0. The molecule has 2 saturated carbocycles. The van der Waals surface area contributed by atoms with Crippen molar-refractivity contribution in [3.63, 3.8) is 0 Å². The highest BCUT2D eigenvalue weighted by Crippen LogP contribution is 2.42. The van der Waals surface area contributed by atoms with Crippen LogP contribution in [0.5, 0.6) is 0 Å². The van der Waals surface area contributed by atoms with Gasteiger partial charge in [-0.1, -0.05) is 58.3 Å². The molecule has 0 spiro atoms. The van der Waals surface area contributed by atoms with E-state index in [9.17, 15) is 4.79 Å². The fraction of sp³-hybridized carbons (Fsp3) is 0.950. The molecule has 2 rings (SSSR count). The summed E-state index contributed by atoms with van der Waals surface area (Å²) >= 11 is 0. The van der Waals surface area contributed by atoms with Crippen LogP contribution in [0.2, 0.25) is 0 Å². The Balaban J connectivity index is 1.61. The summed E-state index contributed by atoms with van der Waals surface area (Å²) in [6.07, 6.45) is 20.6. The summed E-state index contributed by atoms with van der Waals surface area (Å²) in [7, 11) is 0. The molecular weight excluding hydrogens is 256 g/mol. The Hall–Kier alpha value is -0.330. The molecule has 0 bridgehead atoms.